The Morgan fingerprint density at radius 2 is 2.24 bits per heavy atom. The van der Waals surface area contributed by atoms with Crippen LogP contribution in [0, 0.1) is 5.92 Å². The number of esters is 1. The van der Waals surface area contributed by atoms with E-state index >= 15 is 0 Å². The van der Waals surface area contributed by atoms with Crippen LogP contribution >= 0.6 is 0 Å². The third-order valence-electron chi connectivity index (χ3n) is 2.18. The zero-order valence-corrected chi connectivity index (χ0v) is 10.8. The highest BCUT2D eigenvalue weighted by Gasteiger charge is 2.14. The summed E-state index contributed by atoms with van der Waals surface area (Å²) in [7, 11) is 0. The van der Waals surface area contributed by atoms with Gasteiger partial charge in [0.05, 0.1) is 6.61 Å². The molecule has 1 aromatic heterocycles. The van der Waals surface area contributed by atoms with Gasteiger partial charge in [0, 0.05) is 6.04 Å². The van der Waals surface area contributed by atoms with Gasteiger partial charge in [-0.15, -0.1) is 0 Å². The minimum absolute atomic E-state index is 0.200. The van der Waals surface area contributed by atoms with Crippen molar-refractivity contribution < 1.29 is 13.9 Å². The molecule has 0 bridgehead atoms. The molecule has 0 saturated carbocycles. The van der Waals surface area contributed by atoms with E-state index in [0.29, 0.717) is 18.5 Å². The molecule has 1 atom stereocenters. The summed E-state index contributed by atoms with van der Waals surface area (Å²) in [5, 5.41) is 3.11. The Kier molecular flexibility index (Phi) is 5.00. The summed E-state index contributed by atoms with van der Waals surface area (Å²) in [6.07, 6.45) is 2.32. The second kappa shape index (κ2) is 6.27. The summed E-state index contributed by atoms with van der Waals surface area (Å²) in [5.74, 6) is 0.137. The van der Waals surface area contributed by atoms with Crippen molar-refractivity contribution in [3.8, 4) is 0 Å². The third kappa shape index (κ3) is 4.46. The lowest BCUT2D eigenvalue weighted by Gasteiger charge is -2.13. The van der Waals surface area contributed by atoms with Crippen molar-refractivity contribution in [3.63, 3.8) is 0 Å². The molecule has 0 aliphatic rings. The molecule has 1 heterocycles. The highest BCUT2D eigenvalue weighted by molar-refractivity contribution is 5.87. The first-order valence-corrected chi connectivity index (χ1v) is 5.92. The fourth-order valence-corrected chi connectivity index (χ4v) is 1.62. The van der Waals surface area contributed by atoms with Gasteiger partial charge in [-0.2, -0.15) is 4.98 Å². The average molecular weight is 240 g/mol. The van der Waals surface area contributed by atoms with Crippen LogP contribution in [0.5, 0.6) is 0 Å². The van der Waals surface area contributed by atoms with Gasteiger partial charge in [-0.25, -0.2) is 4.79 Å². The summed E-state index contributed by atoms with van der Waals surface area (Å²) in [6, 6.07) is 0.616. The lowest BCUT2D eigenvalue weighted by Crippen LogP contribution is -2.17. The van der Waals surface area contributed by atoms with E-state index in [1.54, 1.807) is 6.92 Å². The van der Waals surface area contributed by atoms with E-state index < -0.39 is 5.97 Å². The first-order chi connectivity index (χ1) is 8.02. The van der Waals surface area contributed by atoms with Gasteiger partial charge in [0.2, 0.25) is 0 Å². The second-order valence-electron chi connectivity index (χ2n) is 4.43. The van der Waals surface area contributed by atoms with Crippen molar-refractivity contribution in [2.45, 2.75) is 40.2 Å². The molecule has 0 aromatic carbocycles. The summed E-state index contributed by atoms with van der Waals surface area (Å²) in [4.78, 5) is 15.4. The largest absolute Gasteiger partial charge is 0.461 e. The summed E-state index contributed by atoms with van der Waals surface area (Å²) in [6.45, 7) is 8.43. The summed E-state index contributed by atoms with van der Waals surface area (Å²) >= 11 is 0. The van der Waals surface area contributed by atoms with Crippen molar-refractivity contribution in [1.82, 2.24) is 4.98 Å². The molecule has 0 amide bonds. The number of anilines is 1. The molecular formula is C12H20N2O3. The zero-order valence-electron chi connectivity index (χ0n) is 10.8. The molecule has 1 unspecified atom stereocenters. The topological polar surface area (TPSA) is 64.4 Å². The Morgan fingerprint density at radius 3 is 2.82 bits per heavy atom. The SMILES string of the molecule is CCOC(=O)c1coc(NC(C)CC(C)C)n1. The lowest BCUT2D eigenvalue weighted by atomic mass is 10.1. The van der Waals surface area contributed by atoms with Crippen molar-refractivity contribution in [1.29, 1.82) is 0 Å². The molecule has 0 radical (unpaired) electrons. The van der Waals surface area contributed by atoms with Crippen molar-refractivity contribution >= 4 is 12.0 Å². The highest BCUT2D eigenvalue weighted by Crippen LogP contribution is 2.13. The zero-order chi connectivity index (χ0) is 12.8. The molecule has 5 nitrogen and oxygen atoms in total. The molecule has 0 fully saturated rings. The fraction of sp³-hybridized carbons (Fsp3) is 0.667. The van der Waals surface area contributed by atoms with Gasteiger partial charge in [0.1, 0.15) is 6.26 Å². The van der Waals surface area contributed by atoms with Crippen LogP contribution in [-0.2, 0) is 4.74 Å². The van der Waals surface area contributed by atoms with E-state index in [1.807, 2.05) is 6.92 Å². The number of hydrogen-bond acceptors (Lipinski definition) is 5. The van der Waals surface area contributed by atoms with Gasteiger partial charge in [-0.3, -0.25) is 0 Å². The number of rotatable bonds is 6. The maximum atomic E-state index is 11.3. The van der Waals surface area contributed by atoms with Crippen LogP contribution in [0.1, 0.15) is 44.6 Å². The molecule has 17 heavy (non-hydrogen) atoms. The smallest absolute Gasteiger partial charge is 0.360 e. The standard InChI is InChI=1S/C12H20N2O3/c1-5-16-11(15)10-7-17-12(14-10)13-9(4)6-8(2)3/h7-9H,5-6H2,1-4H3,(H,13,14). The average Bonchev–Trinajstić information content (AvgIpc) is 2.65. The predicted octanol–water partition coefficient (Wildman–Crippen LogP) is 2.70. The van der Waals surface area contributed by atoms with Crippen LogP contribution in [0.4, 0.5) is 6.01 Å². The van der Waals surface area contributed by atoms with Crippen LogP contribution in [0.15, 0.2) is 10.7 Å². The number of oxazole rings is 1. The molecule has 96 valence electrons. The number of carbonyl (C=O) groups is 1. The highest BCUT2D eigenvalue weighted by atomic mass is 16.5. The first-order valence-electron chi connectivity index (χ1n) is 5.92. The number of aromatic nitrogens is 1. The predicted molar refractivity (Wildman–Crippen MR) is 65.0 cm³/mol. The molecule has 1 aromatic rings. The Labute approximate surface area is 102 Å². The number of hydrogen-bond donors (Lipinski definition) is 1. The van der Waals surface area contributed by atoms with E-state index in [1.165, 1.54) is 6.26 Å². The molecule has 1 N–H and O–H groups in total. The maximum Gasteiger partial charge on any atom is 0.360 e. The number of ether oxygens (including phenoxy) is 1. The van der Waals surface area contributed by atoms with E-state index in [-0.39, 0.29) is 11.7 Å². The van der Waals surface area contributed by atoms with Crippen LogP contribution in [-0.4, -0.2) is 23.6 Å². The Balaban J connectivity index is 2.53. The van der Waals surface area contributed by atoms with E-state index in [4.69, 9.17) is 9.15 Å². The van der Waals surface area contributed by atoms with Gasteiger partial charge in [0.25, 0.3) is 6.01 Å². The molecule has 1 rings (SSSR count). The molecule has 0 aliphatic carbocycles. The second-order valence-corrected chi connectivity index (χ2v) is 4.43. The summed E-state index contributed by atoms with van der Waals surface area (Å²) < 4.78 is 9.98. The molecule has 0 spiro atoms. The van der Waals surface area contributed by atoms with Crippen molar-refractivity contribution in [2.75, 3.05) is 11.9 Å². The number of carbonyl (C=O) groups excluding carboxylic acids is 1. The molecule has 0 aliphatic heterocycles. The Hall–Kier alpha value is -1.52. The Morgan fingerprint density at radius 1 is 1.53 bits per heavy atom. The normalized spacial score (nSPS) is 12.5. The van der Waals surface area contributed by atoms with Crippen molar-refractivity contribution in [3.05, 3.63) is 12.0 Å². The van der Waals surface area contributed by atoms with E-state index in [0.717, 1.165) is 6.42 Å². The van der Waals surface area contributed by atoms with Crippen LogP contribution in [0.3, 0.4) is 0 Å². The molecular weight excluding hydrogens is 220 g/mol. The van der Waals surface area contributed by atoms with Gasteiger partial charge in [0.15, 0.2) is 5.69 Å². The van der Waals surface area contributed by atoms with Crippen molar-refractivity contribution in [2.24, 2.45) is 5.92 Å². The molecule has 0 saturated heterocycles. The van der Waals surface area contributed by atoms with Crippen LogP contribution in [0.25, 0.3) is 0 Å². The number of nitrogens with one attached hydrogen (secondary N) is 1. The van der Waals surface area contributed by atoms with Gasteiger partial charge < -0.3 is 14.5 Å². The fourth-order valence-electron chi connectivity index (χ4n) is 1.62. The third-order valence-corrected chi connectivity index (χ3v) is 2.18. The lowest BCUT2D eigenvalue weighted by molar-refractivity contribution is 0.0519. The van der Waals surface area contributed by atoms with Crippen LogP contribution in [0.2, 0.25) is 0 Å². The number of nitrogens with zero attached hydrogens (tertiary/aromatic N) is 1. The minimum atomic E-state index is -0.458. The quantitative estimate of drug-likeness (QED) is 0.774. The van der Waals surface area contributed by atoms with Gasteiger partial charge >= 0.3 is 5.97 Å². The first kappa shape index (κ1) is 13.5. The minimum Gasteiger partial charge on any atom is -0.461 e. The maximum absolute atomic E-state index is 11.3. The monoisotopic (exact) mass is 240 g/mol. The molecule has 5 heteroatoms. The van der Waals surface area contributed by atoms with E-state index in [2.05, 4.69) is 24.1 Å². The summed E-state index contributed by atoms with van der Waals surface area (Å²) in [5.41, 5.74) is 0.200. The van der Waals surface area contributed by atoms with Gasteiger partial charge in [-0.1, -0.05) is 13.8 Å². The van der Waals surface area contributed by atoms with Crippen LogP contribution < -0.4 is 5.32 Å². The van der Waals surface area contributed by atoms with Gasteiger partial charge in [-0.05, 0) is 26.2 Å². The van der Waals surface area contributed by atoms with E-state index in [9.17, 15) is 4.79 Å². The Bertz CT molecular complexity index is 360.